The summed E-state index contributed by atoms with van der Waals surface area (Å²) in [4.78, 5) is 15.3. The number of nitrogens with zero attached hydrogens (tertiary/aromatic N) is 2. The Bertz CT molecular complexity index is 531. The van der Waals surface area contributed by atoms with Crippen molar-refractivity contribution in [3.8, 4) is 0 Å². The molecular weight excluding hydrogens is 214 g/mol. The quantitative estimate of drug-likeness (QED) is 0.867. The van der Waals surface area contributed by atoms with E-state index >= 15 is 0 Å². The van der Waals surface area contributed by atoms with Crippen molar-refractivity contribution in [3.05, 3.63) is 58.8 Å². The first-order valence-corrected chi connectivity index (χ1v) is 5.57. The maximum Gasteiger partial charge on any atom is 0.253 e. The predicted octanol–water partition coefficient (Wildman–Crippen LogP) is 1.66. The van der Waals surface area contributed by atoms with Gasteiger partial charge in [-0.05, 0) is 19.1 Å². The van der Waals surface area contributed by atoms with Crippen LogP contribution in [-0.4, -0.2) is 16.1 Å². The summed E-state index contributed by atoms with van der Waals surface area (Å²) in [7, 11) is 0. The van der Waals surface area contributed by atoms with Crippen molar-refractivity contribution >= 4 is 5.69 Å². The summed E-state index contributed by atoms with van der Waals surface area (Å²) in [6, 6.07) is 9.63. The van der Waals surface area contributed by atoms with Crippen molar-refractivity contribution in [3.63, 3.8) is 0 Å². The van der Waals surface area contributed by atoms with E-state index in [0.29, 0.717) is 13.1 Å². The Morgan fingerprint density at radius 3 is 2.71 bits per heavy atom. The van der Waals surface area contributed by atoms with E-state index in [-0.39, 0.29) is 5.56 Å². The van der Waals surface area contributed by atoms with Gasteiger partial charge in [0.05, 0.1) is 6.33 Å². The molecule has 2 rings (SSSR count). The lowest BCUT2D eigenvalue weighted by Gasteiger charge is -2.07. The third-order valence-electron chi connectivity index (χ3n) is 2.53. The molecule has 0 saturated carbocycles. The first kappa shape index (κ1) is 11.4. The second kappa shape index (κ2) is 5.30. The highest BCUT2D eigenvalue weighted by Crippen LogP contribution is 2.07. The summed E-state index contributed by atoms with van der Waals surface area (Å²) in [6.07, 6.45) is 3.06. The van der Waals surface area contributed by atoms with E-state index in [0.717, 1.165) is 5.69 Å². The van der Waals surface area contributed by atoms with Gasteiger partial charge in [0.15, 0.2) is 0 Å². The van der Waals surface area contributed by atoms with Crippen LogP contribution >= 0.6 is 0 Å². The summed E-state index contributed by atoms with van der Waals surface area (Å²) in [5.74, 6) is 0. The molecule has 2 aromatic rings. The van der Waals surface area contributed by atoms with Gasteiger partial charge in [0.2, 0.25) is 0 Å². The van der Waals surface area contributed by atoms with Gasteiger partial charge >= 0.3 is 0 Å². The van der Waals surface area contributed by atoms with Crippen molar-refractivity contribution in [2.75, 3.05) is 11.9 Å². The monoisotopic (exact) mass is 229 g/mol. The SMILES string of the molecule is Cc1ccc(NCCn2cnccc2=O)cc1. The molecule has 0 bridgehead atoms. The molecule has 4 nitrogen and oxygen atoms in total. The number of benzene rings is 1. The van der Waals surface area contributed by atoms with Crippen molar-refractivity contribution in [2.24, 2.45) is 0 Å². The predicted molar refractivity (Wildman–Crippen MR) is 68.2 cm³/mol. The fourth-order valence-corrected chi connectivity index (χ4v) is 1.54. The van der Waals surface area contributed by atoms with Crippen LogP contribution in [0.1, 0.15) is 5.56 Å². The maximum absolute atomic E-state index is 11.4. The van der Waals surface area contributed by atoms with Gasteiger partial charge in [-0.2, -0.15) is 0 Å². The van der Waals surface area contributed by atoms with Crippen LogP contribution in [0.5, 0.6) is 0 Å². The Labute approximate surface area is 99.9 Å². The van der Waals surface area contributed by atoms with Gasteiger partial charge in [-0.15, -0.1) is 0 Å². The lowest BCUT2D eigenvalue weighted by Crippen LogP contribution is -2.22. The Balaban J connectivity index is 1.90. The van der Waals surface area contributed by atoms with E-state index in [9.17, 15) is 4.79 Å². The van der Waals surface area contributed by atoms with E-state index in [1.54, 1.807) is 10.9 Å². The van der Waals surface area contributed by atoms with E-state index in [1.165, 1.54) is 17.8 Å². The number of aryl methyl sites for hydroxylation is 1. The Kier molecular flexibility index (Phi) is 3.55. The van der Waals surface area contributed by atoms with Gasteiger partial charge in [-0.1, -0.05) is 17.7 Å². The average molecular weight is 229 g/mol. The molecule has 0 amide bonds. The molecule has 0 saturated heterocycles. The second-order valence-electron chi connectivity index (χ2n) is 3.90. The summed E-state index contributed by atoms with van der Waals surface area (Å²) in [5, 5.41) is 3.26. The number of rotatable bonds is 4. The highest BCUT2D eigenvalue weighted by atomic mass is 16.1. The number of aromatic nitrogens is 2. The first-order chi connectivity index (χ1) is 8.25. The molecule has 17 heavy (non-hydrogen) atoms. The number of hydrogen-bond donors (Lipinski definition) is 1. The molecule has 0 aliphatic rings. The summed E-state index contributed by atoms with van der Waals surface area (Å²) >= 11 is 0. The fourth-order valence-electron chi connectivity index (χ4n) is 1.54. The Morgan fingerprint density at radius 2 is 2.00 bits per heavy atom. The highest BCUT2D eigenvalue weighted by molar-refractivity contribution is 5.44. The van der Waals surface area contributed by atoms with Crippen LogP contribution in [0.15, 0.2) is 47.7 Å². The molecule has 0 spiro atoms. The first-order valence-electron chi connectivity index (χ1n) is 5.57. The molecule has 0 aliphatic heterocycles. The molecule has 0 aliphatic carbocycles. The maximum atomic E-state index is 11.4. The minimum Gasteiger partial charge on any atom is -0.383 e. The molecule has 88 valence electrons. The normalized spacial score (nSPS) is 10.2. The molecule has 0 atom stereocenters. The van der Waals surface area contributed by atoms with Gasteiger partial charge in [-0.3, -0.25) is 9.36 Å². The summed E-state index contributed by atoms with van der Waals surface area (Å²) in [5.41, 5.74) is 2.28. The minimum atomic E-state index is -0.0225. The Morgan fingerprint density at radius 1 is 1.24 bits per heavy atom. The lowest BCUT2D eigenvalue weighted by atomic mass is 10.2. The molecular formula is C13H15N3O. The van der Waals surface area contributed by atoms with Crippen LogP contribution in [0.2, 0.25) is 0 Å². The van der Waals surface area contributed by atoms with Crippen LogP contribution in [0.4, 0.5) is 5.69 Å². The van der Waals surface area contributed by atoms with Crippen LogP contribution in [0, 0.1) is 6.92 Å². The van der Waals surface area contributed by atoms with Gasteiger partial charge < -0.3 is 5.32 Å². The van der Waals surface area contributed by atoms with Gasteiger partial charge in [0, 0.05) is 31.0 Å². The smallest absolute Gasteiger partial charge is 0.253 e. The molecule has 0 fully saturated rings. The van der Waals surface area contributed by atoms with Crippen molar-refractivity contribution < 1.29 is 0 Å². The van der Waals surface area contributed by atoms with Crippen LogP contribution in [0.25, 0.3) is 0 Å². The van der Waals surface area contributed by atoms with Crippen molar-refractivity contribution in [2.45, 2.75) is 13.5 Å². The Hall–Kier alpha value is -2.10. The summed E-state index contributed by atoms with van der Waals surface area (Å²) in [6.45, 7) is 3.37. The zero-order chi connectivity index (χ0) is 12.1. The van der Waals surface area contributed by atoms with Gasteiger partial charge in [0.25, 0.3) is 5.56 Å². The van der Waals surface area contributed by atoms with Crippen LogP contribution in [0.3, 0.4) is 0 Å². The van der Waals surface area contributed by atoms with Gasteiger partial charge in [-0.25, -0.2) is 4.98 Å². The fraction of sp³-hybridized carbons (Fsp3) is 0.231. The minimum absolute atomic E-state index is 0.0225. The third kappa shape index (κ3) is 3.17. The number of anilines is 1. The van der Waals surface area contributed by atoms with Crippen molar-refractivity contribution in [1.82, 2.24) is 9.55 Å². The van der Waals surface area contributed by atoms with E-state index in [2.05, 4.69) is 29.4 Å². The second-order valence-corrected chi connectivity index (χ2v) is 3.90. The molecule has 0 radical (unpaired) electrons. The molecule has 4 heteroatoms. The summed E-state index contributed by atoms with van der Waals surface area (Å²) < 4.78 is 1.58. The van der Waals surface area contributed by atoms with Gasteiger partial charge in [0.1, 0.15) is 0 Å². The zero-order valence-electron chi connectivity index (χ0n) is 9.76. The van der Waals surface area contributed by atoms with E-state index in [4.69, 9.17) is 0 Å². The van der Waals surface area contributed by atoms with Crippen LogP contribution < -0.4 is 10.9 Å². The van der Waals surface area contributed by atoms with E-state index in [1.807, 2.05) is 12.1 Å². The van der Waals surface area contributed by atoms with Crippen LogP contribution in [-0.2, 0) is 6.54 Å². The molecule has 1 aromatic carbocycles. The molecule has 1 aromatic heterocycles. The molecule has 0 unspecified atom stereocenters. The highest BCUT2D eigenvalue weighted by Gasteiger charge is 1.95. The molecule has 1 N–H and O–H groups in total. The molecule has 1 heterocycles. The lowest BCUT2D eigenvalue weighted by molar-refractivity contribution is 0.680. The standard InChI is InChI=1S/C13H15N3O/c1-11-2-4-12(5-3-11)15-8-9-16-10-14-7-6-13(16)17/h2-7,10,15H,8-9H2,1H3. The zero-order valence-corrected chi connectivity index (χ0v) is 9.76. The largest absolute Gasteiger partial charge is 0.383 e. The topological polar surface area (TPSA) is 46.9 Å². The average Bonchev–Trinajstić information content (AvgIpc) is 2.34. The number of hydrogen-bond acceptors (Lipinski definition) is 3. The number of nitrogens with one attached hydrogen (secondary N) is 1. The van der Waals surface area contributed by atoms with Crippen molar-refractivity contribution in [1.29, 1.82) is 0 Å². The van der Waals surface area contributed by atoms with E-state index < -0.39 is 0 Å². The third-order valence-corrected chi connectivity index (χ3v) is 2.53.